The van der Waals surface area contributed by atoms with E-state index >= 15 is 0 Å². The van der Waals surface area contributed by atoms with Crippen LogP contribution in [-0.4, -0.2) is 53.5 Å². The zero-order chi connectivity index (χ0) is 24.8. The highest BCUT2D eigenvalue weighted by atomic mass is 16.5. The molecule has 2 heterocycles. The van der Waals surface area contributed by atoms with Gasteiger partial charge < -0.3 is 19.4 Å². The van der Waals surface area contributed by atoms with Gasteiger partial charge in [0.2, 0.25) is 0 Å². The van der Waals surface area contributed by atoms with Crippen molar-refractivity contribution in [2.75, 3.05) is 19.7 Å². The van der Waals surface area contributed by atoms with Crippen LogP contribution < -0.4 is 0 Å². The smallest absolute Gasteiger partial charge is 0.340 e. The molecule has 1 amide bonds. The number of piperidine rings is 1. The van der Waals surface area contributed by atoms with E-state index in [-0.39, 0.29) is 29.8 Å². The summed E-state index contributed by atoms with van der Waals surface area (Å²) in [4.78, 5) is 43.0. The van der Waals surface area contributed by atoms with Crippen molar-refractivity contribution in [2.24, 2.45) is 5.92 Å². The number of nitrogens with zero attached hydrogens (tertiary/aromatic N) is 1. The van der Waals surface area contributed by atoms with Crippen molar-refractivity contribution in [1.29, 1.82) is 0 Å². The highest BCUT2D eigenvalue weighted by Gasteiger charge is 2.33. The van der Waals surface area contributed by atoms with Gasteiger partial charge in [-0.3, -0.25) is 9.59 Å². The van der Waals surface area contributed by atoms with Gasteiger partial charge in [-0.2, -0.15) is 0 Å². The Morgan fingerprint density at radius 3 is 2.32 bits per heavy atom. The molecule has 7 heteroatoms. The molecule has 1 atom stereocenters. The Morgan fingerprint density at radius 2 is 1.74 bits per heavy atom. The first-order chi connectivity index (χ1) is 16.2. The Labute approximate surface area is 201 Å². The molecular weight excluding hydrogens is 432 g/mol. The number of likely N-dealkylation sites (tertiary alicyclic amines) is 1. The third-order valence-corrected chi connectivity index (χ3v) is 6.51. The van der Waals surface area contributed by atoms with Gasteiger partial charge in [0.15, 0.2) is 0 Å². The number of aromatic amines is 1. The molecule has 0 unspecified atom stereocenters. The van der Waals surface area contributed by atoms with Gasteiger partial charge in [-0.15, -0.1) is 0 Å². The van der Waals surface area contributed by atoms with E-state index in [0.717, 1.165) is 18.4 Å². The fourth-order valence-corrected chi connectivity index (χ4v) is 4.86. The van der Waals surface area contributed by atoms with Crippen LogP contribution in [0.3, 0.4) is 0 Å². The van der Waals surface area contributed by atoms with Crippen LogP contribution in [-0.2, 0) is 14.3 Å². The summed E-state index contributed by atoms with van der Waals surface area (Å²) >= 11 is 0. The molecule has 0 saturated carbocycles. The molecule has 184 valence electrons. The van der Waals surface area contributed by atoms with Crippen LogP contribution in [0, 0.1) is 19.8 Å². The number of carbonyl (C=O) groups is 3. The van der Waals surface area contributed by atoms with Gasteiger partial charge in [0.05, 0.1) is 24.7 Å². The number of nitrogens with one attached hydrogen (secondary N) is 1. The molecule has 0 aliphatic carbocycles. The van der Waals surface area contributed by atoms with Gasteiger partial charge in [-0.1, -0.05) is 30.3 Å². The van der Waals surface area contributed by atoms with Crippen molar-refractivity contribution < 1.29 is 23.9 Å². The summed E-state index contributed by atoms with van der Waals surface area (Å²) in [5, 5.41) is 0. The standard InChI is InChI=1S/C27H36N2O5/c1-6-33-23(30)16-22(20-10-8-7-9-11-20)21-12-14-29(15-13-21)26(31)25-18(4)24(19(5)28-25)27(32)34-17(2)3/h7-11,17,21-22,28H,6,12-16H2,1-5H3/t22-/m0/s1. The lowest BCUT2D eigenvalue weighted by Gasteiger charge is -2.36. The first-order valence-electron chi connectivity index (χ1n) is 12.1. The molecule has 1 aromatic heterocycles. The van der Waals surface area contributed by atoms with Crippen LogP contribution >= 0.6 is 0 Å². The zero-order valence-corrected chi connectivity index (χ0v) is 20.8. The highest BCUT2D eigenvalue weighted by molar-refractivity contribution is 6.00. The fraction of sp³-hybridized carbons (Fsp3) is 0.519. The average molecular weight is 469 g/mol. The molecule has 1 saturated heterocycles. The van der Waals surface area contributed by atoms with Gasteiger partial charge in [0.25, 0.3) is 5.91 Å². The van der Waals surface area contributed by atoms with E-state index in [1.54, 1.807) is 27.7 Å². The van der Waals surface area contributed by atoms with Gasteiger partial charge >= 0.3 is 11.9 Å². The monoisotopic (exact) mass is 468 g/mol. The summed E-state index contributed by atoms with van der Waals surface area (Å²) < 4.78 is 10.6. The molecule has 0 spiro atoms. The third kappa shape index (κ3) is 5.88. The molecule has 3 rings (SSSR count). The SMILES string of the molecule is CCOC(=O)C[C@@H](c1ccccc1)C1CCN(C(=O)c2[nH]c(C)c(C(=O)OC(C)C)c2C)CC1. The third-order valence-electron chi connectivity index (χ3n) is 6.51. The molecular formula is C27H36N2O5. The second-order valence-electron chi connectivity index (χ2n) is 9.24. The lowest BCUT2D eigenvalue weighted by Crippen LogP contribution is -2.40. The topological polar surface area (TPSA) is 88.7 Å². The number of esters is 2. The van der Waals surface area contributed by atoms with Crippen LogP contribution in [0.15, 0.2) is 30.3 Å². The van der Waals surface area contributed by atoms with E-state index in [4.69, 9.17) is 9.47 Å². The predicted octanol–water partition coefficient (Wildman–Crippen LogP) is 4.79. The summed E-state index contributed by atoms with van der Waals surface area (Å²) in [6.07, 6.45) is 1.70. The minimum absolute atomic E-state index is 0.0596. The second-order valence-corrected chi connectivity index (χ2v) is 9.24. The van der Waals surface area contributed by atoms with Gasteiger partial charge in [0.1, 0.15) is 5.69 Å². The van der Waals surface area contributed by atoms with E-state index in [1.807, 2.05) is 30.0 Å². The Morgan fingerprint density at radius 1 is 1.09 bits per heavy atom. The highest BCUT2D eigenvalue weighted by Crippen LogP contribution is 2.36. The largest absolute Gasteiger partial charge is 0.466 e. The minimum Gasteiger partial charge on any atom is -0.466 e. The van der Waals surface area contributed by atoms with Gasteiger partial charge in [-0.05, 0) is 70.4 Å². The van der Waals surface area contributed by atoms with E-state index in [1.165, 1.54) is 0 Å². The number of H-pyrrole nitrogens is 1. The number of hydrogen-bond donors (Lipinski definition) is 1. The maximum atomic E-state index is 13.3. The van der Waals surface area contributed by atoms with Crippen LogP contribution in [0.1, 0.15) is 83.6 Å². The number of amides is 1. The molecule has 1 aliphatic heterocycles. The Kier molecular flexibility index (Phi) is 8.53. The fourth-order valence-electron chi connectivity index (χ4n) is 4.86. The van der Waals surface area contributed by atoms with Crippen molar-refractivity contribution in [3.8, 4) is 0 Å². The molecule has 7 nitrogen and oxygen atoms in total. The van der Waals surface area contributed by atoms with E-state index < -0.39 is 5.97 Å². The molecule has 34 heavy (non-hydrogen) atoms. The molecule has 1 aromatic carbocycles. The zero-order valence-electron chi connectivity index (χ0n) is 20.8. The normalized spacial score (nSPS) is 15.3. The Bertz CT molecular complexity index is 1000. The van der Waals surface area contributed by atoms with Crippen molar-refractivity contribution in [3.63, 3.8) is 0 Å². The van der Waals surface area contributed by atoms with Crippen molar-refractivity contribution in [1.82, 2.24) is 9.88 Å². The van der Waals surface area contributed by atoms with Crippen molar-refractivity contribution in [3.05, 3.63) is 58.4 Å². The molecule has 0 radical (unpaired) electrons. The second kappa shape index (κ2) is 11.4. The average Bonchev–Trinajstić information content (AvgIpc) is 3.11. The quantitative estimate of drug-likeness (QED) is 0.563. The number of rotatable bonds is 8. The summed E-state index contributed by atoms with van der Waals surface area (Å²) in [6, 6.07) is 10.1. The summed E-state index contributed by atoms with van der Waals surface area (Å²) in [5.41, 5.74) is 3.27. The first kappa shape index (κ1) is 25.5. The van der Waals surface area contributed by atoms with Crippen LogP contribution in [0.4, 0.5) is 0 Å². The maximum Gasteiger partial charge on any atom is 0.340 e. The Hall–Kier alpha value is -3.09. The summed E-state index contributed by atoms with van der Waals surface area (Å²) in [7, 11) is 0. The van der Waals surface area contributed by atoms with Crippen LogP contribution in [0.2, 0.25) is 0 Å². The molecule has 1 aliphatic rings. The number of hydrogen-bond acceptors (Lipinski definition) is 5. The minimum atomic E-state index is -0.413. The van der Waals surface area contributed by atoms with E-state index in [2.05, 4.69) is 17.1 Å². The van der Waals surface area contributed by atoms with E-state index in [0.29, 0.717) is 48.6 Å². The number of aryl methyl sites for hydroxylation is 1. The molecule has 0 bridgehead atoms. The van der Waals surface area contributed by atoms with Crippen LogP contribution in [0.5, 0.6) is 0 Å². The van der Waals surface area contributed by atoms with Gasteiger partial charge in [-0.25, -0.2) is 4.79 Å². The summed E-state index contributed by atoms with van der Waals surface area (Å²) in [5.74, 6) is -0.371. The van der Waals surface area contributed by atoms with Crippen molar-refractivity contribution >= 4 is 17.8 Å². The van der Waals surface area contributed by atoms with Gasteiger partial charge in [0, 0.05) is 18.8 Å². The lowest BCUT2D eigenvalue weighted by molar-refractivity contribution is -0.144. The lowest BCUT2D eigenvalue weighted by atomic mass is 9.78. The predicted molar refractivity (Wildman–Crippen MR) is 130 cm³/mol. The molecule has 1 fully saturated rings. The molecule has 1 N–H and O–H groups in total. The maximum absolute atomic E-state index is 13.3. The number of benzene rings is 1. The number of carbonyl (C=O) groups excluding carboxylic acids is 3. The number of aromatic nitrogens is 1. The first-order valence-corrected chi connectivity index (χ1v) is 12.1. The van der Waals surface area contributed by atoms with E-state index in [9.17, 15) is 14.4 Å². The van der Waals surface area contributed by atoms with Crippen LogP contribution in [0.25, 0.3) is 0 Å². The number of ether oxygens (including phenoxy) is 2. The summed E-state index contributed by atoms with van der Waals surface area (Å²) in [6.45, 7) is 10.6. The van der Waals surface area contributed by atoms with Crippen molar-refractivity contribution in [2.45, 2.75) is 65.9 Å². The Balaban J connectivity index is 1.71. The molecule has 2 aromatic rings.